The van der Waals surface area contributed by atoms with Crippen LogP contribution in [-0.2, 0) is 22.6 Å². The molecule has 0 aliphatic carbocycles. The fourth-order valence-corrected chi connectivity index (χ4v) is 3.20. The number of carbonyl (C=O) groups excluding carboxylic acids is 2. The van der Waals surface area contributed by atoms with E-state index in [1.807, 2.05) is 0 Å². The Morgan fingerprint density at radius 1 is 1.28 bits per heavy atom. The lowest BCUT2D eigenvalue weighted by molar-refractivity contribution is -0.136. The van der Waals surface area contributed by atoms with Crippen molar-refractivity contribution in [3.05, 3.63) is 46.5 Å². The molecule has 152 valence electrons. The van der Waals surface area contributed by atoms with Gasteiger partial charge in [0.2, 0.25) is 17.7 Å². The Morgan fingerprint density at radius 2 is 2.03 bits per heavy atom. The van der Waals surface area contributed by atoms with E-state index >= 15 is 0 Å². The minimum atomic E-state index is -0.548. The smallest absolute Gasteiger partial charge is 0.408 e. The SMILES string of the molecule is CC(=O)N(C)CCc1noc(C2CN(C(=O)Cn3c(=O)oc4ccccc43)C2)n1. The Bertz CT molecular complexity index is 1110. The van der Waals surface area contributed by atoms with Crippen LogP contribution in [0.5, 0.6) is 0 Å². The number of likely N-dealkylation sites (N-methyl/N-ethyl adjacent to an activating group) is 1. The predicted octanol–water partition coefficient (Wildman–Crippen LogP) is 0.624. The van der Waals surface area contributed by atoms with Gasteiger partial charge in [0.25, 0.3) is 0 Å². The molecule has 10 nitrogen and oxygen atoms in total. The number of benzene rings is 1. The van der Waals surface area contributed by atoms with Gasteiger partial charge in [-0.1, -0.05) is 17.3 Å². The van der Waals surface area contributed by atoms with E-state index < -0.39 is 5.76 Å². The zero-order valence-electron chi connectivity index (χ0n) is 16.2. The molecule has 10 heteroatoms. The summed E-state index contributed by atoms with van der Waals surface area (Å²) in [5.41, 5.74) is 1.06. The van der Waals surface area contributed by atoms with Gasteiger partial charge >= 0.3 is 5.76 Å². The fourth-order valence-electron chi connectivity index (χ4n) is 3.20. The number of nitrogens with zero attached hydrogens (tertiary/aromatic N) is 5. The number of carbonyl (C=O) groups is 2. The molecule has 1 aromatic carbocycles. The lowest BCUT2D eigenvalue weighted by Gasteiger charge is -2.37. The Kier molecular flexibility index (Phi) is 4.91. The highest BCUT2D eigenvalue weighted by atomic mass is 16.5. The number of oxazole rings is 1. The highest BCUT2D eigenvalue weighted by molar-refractivity contribution is 5.80. The van der Waals surface area contributed by atoms with Gasteiger partial charge in [-0.2, -0.15) is 4.98 Å². The Morgan fingerprint density at radius 3 is 2.79 bits per heavy atom. The zero-order valence-corrected chi connectivity index (χ0v) is 16.2. The van der Waals surface area contributed by atoms with Crippen molar-refractivity contribution in [2.75, 3.05) is 26.7 Å². The van der Waals surface area contributed by atoms with E-state index in [1.54, 1.807) is 41.1 Å². The highest BCUT2D eigenvalue weighted by Gasteiger charge is 2.35. The first kappa shape index (κ1) is 18.9. The summed E-state index contributed by atoms with van der Waals surface area (Å²) in [6.45, 7) is 2.85. The van der Waals surface area contributed by atoms with E-state index in [1.165, 1.54) is 11.5 Å². The average Bonchev–Trinajstić information content (AvgIpc) is 3.23. The molecule has 0 radical (unpaired) electrons. The number of para-hydroxylation sites is 2. The van der Waals surface area contributed by atoms with Crippen LogP contribution in [0.1, 0.15) is 24.6 Å². The van der Waals surface area contributed by atoms with E-state index in [0.29, 0.717) is 48.9 Å². The topological polar surface area (TPSA) is 115 Å². The van der Waals surface area contributed by atoms with Crippen molar-refractivity contribution >= 4 is 22.9 Å². The predicted molar refractivity (Wildman–Crippen MR) is 101 cm³/mol. The molecule has 3 aromatic rings. The maximum absolute atomic E-state index is 12.5. The van der Waals surface area contributed by atoms with Gasteiger partial charge in [-0.05, 0) is 12.1 Å². The number of amides is 2. The zero-order chi connectivity index (χ0) is 20.5. The summed E-state index contributed by atoms with van der Waals surface area (Å²) in [4.78, 5) is 43.4. The summed E-state index contributed by atoms with van der Waals surface area (Å²) in [6, 6.07) is 7.00. The quantitative estimate of drug-likeness (QED) is 0.597. The van der Waals surface area contributed by atoms with Gasteiger partial charge in [-0.15, -0.1) is 0 Å². The van der Waals surface area contributed by atoms with E-state index in [-0.39, 0.29) is 24.3 Å². The molecule has 1 saturated heterocycles. The largest absolute Gasteiger partial charge is 0.420 e. The molecule has 0 spiro atoms. The van der Waals surface area contributed by atoms with Crippen molar-refractivity contribution in [3.8, 4) is 0 Å². The van der Waals surface area contributed by atoms with E-state index in [0.717, 1.165) is 0 Å². The monoisotopic (exact) mass is 399 g/mol. The maximum atomic E-state index is 12.5. The fraction of sp³-hybridized carbons (Fsp3) is 0.421. The van der Waals surface area contributed by atoms with Gasteiger partial charge < -0.3 is 18.7 Å². The van der Waals surface area contributed by atoms with Crippen LogP contribution in [0.25, 0.3) is 11.1 Å². The van der Waals surface area contributed by atoms with Crippen LogP contribution in [0.4, 0.5) is 0 Å². The molecule has 1 fully saturated rings. The molecule has 4 rings (SSSR count). The van der Waals surface area contributed by atoms with Gasteiger partial charge in [0.05, 0.1) is 11.4 Å². The van der Waals surface area contributed by atoms with Crippen LogP contribution in [0, 0.1) is 0 Å². The molecular weight excluding hydrogens is 378 g/mol. The standard InChI is InChI=1S/C19H21N5O5/c1-12(25)22(2)8-7-16-20-18(29-21-16)13-9-23(10-13)17(26)11-24-14-5-3-4-6-15(14)28-19(24)27/h3-6,13H,7-11H2,1-2H3. The molecule has 2 amide bonds. The minimum absolute atomic E-state index is 0.0219. The number of hydrogen-bond acceptors (Lipinski definition) is 7. The Balaban J connectivity index is 1.33. The number of likely N-dealkylation sites (tertiary alicyclic amines) is 1. The first-order valence-electron chi connectivity index (χ1n) is 9.32. The van der Waals surface area contributed by atoms with E-state index in [4.69, 9.17) is 8.94 Å². The molecule has 0 saturated carbocycles. The summed E-state index contributed by atoms with van der Waals surface area (Å²) >= 11 is 0. The molecule has 2 aromatic heterocycles. The average molecular weight is 399 g/mol. The molecule has 1 aliphatic heterocycles. The lowest BCUT2D eigenvalue weighted by atomic mass is 10.00. The number of fused-ring (bicyclic) bond motifs is 1. The van der Waals surface area contributed by atoms with E-state index in [2.05, 4.69) is 10.1 Å². The molecular formula is C19H21N5O5. The van der Waals surface area contributed by atoms with Crippen LogP contribution in [-0.4, -0.2) is 63.0 Å². The van der Waals surface area contributed by atoms with Gasteiger partial charge in [0.15, 0.2) is 11.4 Å². The molecule has 0 N–H and O–H groups in total. The van der Waals surface area contributed by atoms with Crippen LogP contribution < -0.4 is 5.76 Å². The third-order valence-corrected chi connectivity index (χ3v) is 5.14. The first-order chi connectivity index (χ1) is 13.9. The van der Waals surface area contributed by atoms with Gasteiger partial charge in [-0.25, -0.2) is 4.79 Å². The van der Waals surface area contributed by atoms with Gasteiger partial charge in [0.1, 0.15) is 6.54 Å². The summed E-state index contributed by atoms with van der Waals surface area (Å²) in [6.07, 6.45) is 0.505. The van der Waals surface area contributed by atoms with Crippen molar-refractivity contribution in [1.82, 2.24) is 24.5 Å². The van der Waals surface area contributed by atoms with Gasteiger partial charge in [-0.3, -0.25) is 14.2 Å². The second-order valence-corrected chi connectivity index (χ2v) is 7.16. The van der Waals surface area contributed by atoms with Crippen molar-refractivity contribution in [2.45, 2.75) is 25.8 Å². The number of aromatic nitrogens is 3. The molecule has 0 unspecified atom stereocenters. The summed E-state index contributed by atoms with van der Waals surface area (Å²) < 4.78 is 11.8. The first-order valence-corrected chi connectivity index (χ1v) is 9.32. The molecule has 29 heavy (non-hydrogen) atoms. The Hall–Kier alpha value is -3.43. The van der Waals surface area contributed by atoms with Crippen molar-refractivity contribution in [3.63, 3.8) is 0 Å². The Labute approximate surface area is 165 Å². The normalized spacial score (nSPS) is 14.2. The van der Waals surface area contributed by atoms with E-state index in [9.17, 15) is 14.4 Å². The molecule has 0 atom stereocenters. The third kappa shape index (κ3) is 3.78. The summed E-state index contributed by atoms with van der Waals surface area (Å²) in [5.74, 6) is 0.260. The maximum Gasteiger partial charge on any atom is 0.420 e. The van der Waals surface area contributed by atoms with Crippen LogP contribution in [0.15, 0.2) is 38.0 Å². The number of hydrogen-bond donors (Lipinski definition) is 0. The second kappa shape index (κ2) is 7.53. The van der Waals surface area contributed by atoms with Crippen molar-refractivity contribution in [1.29, 1.82) is 0 Å². The minimum Gasteiger partial charge on any atom is -0.408 e. The van der Waals surface area contributed by atoms with Crippen LogP contribution in [0.2, 0.25) is 0 Å². The second-order valence-electron chi connectivity index (χ2n) is 7.16. The molecule has 1 aliphatic rings. The van der Waals surface area contributed by atoms with Crippen LogP contribution in [0.3, 0.4) is 0 Å². The molecule has 0 bridgehead atoms. The lowest BCUT2D eigenvalue weighted by Crippen LogP contribution is -2.50. The van der Waals surface area contributed by atoms with Gasteiger partial charge in [0, 0.05) is 40.0 Å². The number of rotatable bonds is 6. The highest BCUT2D eigenvalue weighted by Crippen LogP contribution is 2.26. The third-order valence-electron chi connectivity index (χ3n) is 5.14. The summed E-state index contributed by atoms with van der Waals surface area (Å²) in [7, 11) is 1.72. The van der Waals surface area contributed by atoms with Crippen molar-refractivity contribution < 1.29 is 18.5 Å². The van der Waals surface area contributed by atoms with Crippen molar-refractivity contribution in [2.24, 2.45) is 0 Å². The van der Waals surface area contributed by atoms with Crippen LogP contribution >= 0.6 is 0 Å². The summed E-state index contributed by atoms with van der Waals surface area (Å²) in [5, 5.41) is 3.94. The molecule has 3 heterocycles.